The summed E-state index contributed by atoms with van der Waals surface area (Å²) in [4.78, 5) is 16.7. The number of carbonyl (C=O) groups excluding carboxylic acids is 1. The summed E-state index contributed by atoms with van der Waals surface area (Å²) in [5.41, 5.74) is 3.81. The highest BCUT2D eigenvalue weighted by atomic mass is 32.1. The van der Waals surface area contributed by atoms with Crippen LogP contribution in [0.4, 0.5) is 0 Å². The predicted octanol–water partition coefficient (Wildman–Crippen LogP) is 2.57. The second-order valence-corrected chi connectivity index (χ2v) is 5.28. The van der Waals surface area contributed by atoms with E-state index in [0.29, 0.717) is 11.5 Å². The third-order valence-corrected chi connectivity index (χ3v) is 4.14. The van der Waals surface area contributed by atoms with Crippen LogP contribution >= 0.6 is 11.3 Å². The highest BCUT2D eigenvalue weighted by Crippen LogP contribution is 2.23. The summed E-state index contributed by atoms with van der Waals surface area (Å²) in [5, 5.41) is 6.44. The molecule has 0 radical (unpaired) electrons. The average Bonchev–Trinajstić information content (AvgIpc) is 3.02. The van der Waals surface area contributed by atoms with Crippen LogP contribution in [0.2, 0.25) is 0 Å². The van der Waals surface area contributed by atoms with Crippen LogP contribution in [-0.2, 0) is 6.42 Å². The van der Waals surface area contributed by atoms with Gasteiger partial charge in [-0.3, -0.25) is 9.20 Å². The lowest BCUT2D eigenvalue weighted by atomic mass is 10.1. The third kappa shape index (κ3) is 1.63. The smallest absolute Gasteiger partial charge is 0.196 e. The van der Waals surface area contributed by atoms with Gasteiger partial charge in [0.05, 0.1) is 5.69 Å². The van der Waals surface area contributed by atoms with E-state index in [2.05, 4.69) is 17.0 Å². The number of rotatable bonds is 3. The second kappa shape index (κ2) is 4.31. The van der Waals surface area contributed by atoms with Gasteiger partial charge in [-0.1, -0.05) is 6.92 Å². The maximum Gasteiger partial charge on any atom is 0.196 e. The lowest BCUT2D eigenvalue weighted by Crippen LogP contribution is -2.04. The van der Waals surface area contributed by atoms with Crippen LogP contribution in [0.5, 0.6) is 0 Å². The summed E-state index contributed by atoms with van der Waals surface area (Å²) in [5.74, 6) is 0.613. The normalized spacial score (nSPS) is 11.3. The fraction of sp³-hybridized carbons (Fsp3) is 0.308. The van der Waals surface area contributed by atoms with Crippen LogP contribution in [0.25, 0.3) is 10.8 Å². The highest BCUT2D eigenvalue weighted by molar-refractivity contribution is 7.15. The molecule has 0 spiro atoms. The molecule has 0 N–H and O–H groups in total. The van der Waals surface area contributed by atoms with Crippen LogP contribution in [0, 0.1) is 13.8 Å². The van der Waals surface area contributed by atoms with Crippen LogP contribution in [-0.4, -0.2) is 25.5 Å². The largest absolute Gasteiger partial charge is 0.296 e. The maximum atomic E-state index is 11.3. The summed E-state index contributed by atoms with van der Waals surface area (Å²) < 4.78 is 3.58. The van der Waals surface area contributed by atoms with Crippen molar-refractivity contribution in [3.05, 3.63) is 34.2 Å². The highest BCUT2D eigenvalue weighted by Gasteiger charge is 2.19. The summed E-state index contributed by atoms with van der Waals surface area (Å²) in [7, 11) is 0. The van der Waals surface area contributed by atoms with Crippen molar-refractivity contribution in [2.75, 3.05) is 0 Å². The molecular weight excluding hydrogens is 260 g/mol. The van der Waals surface area contributed by atoms with Crippen molar-refractivity contribution in [3.8, 4) is 5.82 Å². The van der Waals surface area contributed by atoms with Crippen molar-refractivity contribution in [3.63, 3.8) is 0 Å². The van der Waals surface area contributed by atoms with Gasteiger partial charge in [0.1, 0.15) is 5.69 Å². The number of hydrogen-bond donors (Lipinski definition) is 0. The number of aromatic nitrogens is 4. The number of aldehydes is 1. The molecule has 5 nitrogen and oxygen atoms in total. The first kappa shape index (κ1) is 12.1. The molecule has 98 valence electrons. The van der Waals surface area contributed by atoms with Crippen molar-refractivity contribution < 1.29 is 4.79 Å². The molecule has 0 aromatic carbocycles. The number of fused-ring (bicyclic) bond motifs is 1. The van der Waals surface area contributed by atoms with E-state index in [1.807, 2.05) is 25.4 Å². The van der Waals surface area contributed by atoms with Crippen LogP contribution in [0.3, 0.4) is 0 Å². The lowest BCUT2D eigenvalue weighted by molar-refractivity contribution is 0.111. The van der Waals surface area contributed by atoms with Crippen LogP contribution in [0.15, 0.2) is 11.6 Å². The Morgan fingerprint density at radius 1 is 1.42 bits per heavy atom. The zero-order valence-corrected chi connectivity index (χ0v) is 11.9. The maximum absolute atomic E-state index is 11.3. The molecular formula is C13H14N4OS. The Morgan fingerprint density at radius 3 is 2.84 bits per heavy atom. The Bertz CT molecular complexity index is 765. The summed E-state index contributed by atoms with van der Waals surface area (Å²) >= 11 is 1.51. The van der Waals surface area contributed by atoms with Crippen molar-refractivity contribution in [2.24, 2.45) is 0 Å². The number of imidazole rings is 1. The van der Waals surface area contributed by atoms with Gasteiger partial charge >= 0.3 is 0 Å². The fourth-order valence-electron chi connectivity index (χ4n) is 2.45. The predicted molar refractivity (Wildman–Crippen MR) is 74.4 cm³/mol. The molecule has 0 aliphatic heterocycles. The van der Waals surface area contributed by atoms with Gasteiger partial charge in [0.15, 0.2) is 17.1 Å². The first-order chi connectivity index (χ1) is 9.17. The lowest BCUT2D eigenvalue weighted by Gasteiger charge is -2.01. The minimum atomic E-state index is 0.546. The van der Waals surface area contributed by atoms with E-state index >= 15 is 0 Å². The van der Waals surface area contributed by atoms with Gasteiger partial charge in [-0.25, -0.2) is 4.68 Å². The molecule has 3 rings (SSSR count). The summed E-state index contributed by atoms with van der Waals surface area (Å²) in [6.45, 7) is 6.11. The molecule has 0 bridgehead atoms. The number of thiazole rings is 1. The number of hydrogen-bond acceptors (Lipinski definition) is 4. The first-order valence-electron chi connectivity index (χ1n) is 6.13. The molecule has 0 saturated heterocycles. The Balaban J connectivity index is 2.29. The molecule has 6 heteroatoms. The van der Waals surface area contributed by atoms with Crippen LogP contribution < -0.4 is 0 Å². The Labute approximate surface area is 114 Å². The van der Waals surface area contributed by atoms with E-state index < -0.39 is 0 Å². The Morgan fingerprint density at radius 2 is 2.21 bits per heavy atom. The standard InChI is InChI=1S/C13H14N4OS/c1-4-10-8(2)15-17(9(10)3)12-11(7-18)16-5-6-19-13(16)14-12/h5-7H,4H2,1-3H3. The minimum absolute atomic E-state index is 0.546. The minimum Gasteiger partial charge on any atom is -0.296 e. The fourth-order valence-corrected chi connectivity index (χ4v) is 3.17. The van der Waals surface area contributed by atoms with Gasteiger partial charge in [-0.2, -0.15) is 10.1 Å². The SMILES string of the molecule is CCc1c(C)nn(-c2nc3sccn3c2C=O)c1C. The molecule has 0 atom stereocenters. The van der Waals surface area contributed by atoms with E-state index in [0.717, 1.165) is 29.1 Å². The van der Waals surface area contributed by atoms with E-state index in [-0.39, 0.29) is 0 Å². The molecule has 3 heterocycles. The van der Waals surface area contributed by atoms with Crippen molar-refractivity contribution >= 4 is 22.6 Å². The number of aryl methyl sites for hydroxylation is 1. The zero-order valence-electron chi connectivity index (χ0n) is 11.0. The van der Waals surface area contributed by atoms with Gasteiger partial charge < -0.3 is 0 Å². The number of nitrogens with zero attached hydrogens (tertiary/aromatic N) is 4. The molecule has 0 unspecified atom stereocenters. The van der Waals surface area contributed by atoms with E-state index in [9.17, 15) is 4.79 Å². The zero-order chi connectivity index (χ0) is 13.6. The summed E-state index contributed by atoms with van der Waals surface area (Å²) in [6.07, 6.45) is 3.62. The molecule has 0 amide bonds. The monoisotopic (exact) mass is 274 g/mol. The molecule has 3 aromatic heterocycles. The molecule has 0 saturated carbocycles. The Hall–Kier alpha value is -1.95. The van der Waals surface area contributed by atoms with Crippen molar-refractivity contribution in [1.82, 2.24) is 19.2 Å². The number of carbonyl (C=O) groups is 1. The molecule has 19 heavy (non-hydrogen) atoms. The van der Waals surface area contributed by atoms with Gasteiger partial charge in [-0.05, 0) is 25.8 Å². The van der Waals surface area contributed by atoms with E-state index in [4.69, 9.17) is 0 Å². The van der Waals surface area contributed by atoms with Crippen molar-refractivity contribution in [2.45, 2.75) is 27.2 Å². The van der Waals surface area contributed by atoms with Crippen LogP contribution in [0.1, 0.15) is 34.4 Å². The van der Waals surface area contributed by atoms with Gasteiger partial charge in [-0.15, -0.1) is 11.3 Å². The average molecular weight is 274 g/mol. The Kier molecular flexibility index (Phi) is 2.74. The van der Waals surface area contributed by atoms with Gasteiger partial charge in [0.25, 0.3) is 0 Å². The van der Waals surface area contributed by atoms with E-state index in [1.165, 1.54) is 16.9 Å². The summed E-state index contributed by atoms with van der Waals surface area (Å²) in [6, 6.07) is 0. The van der Waals surface area contributed by atoms with E-state index in [1.54, 1.807) is 9.08 Å². The van der Waals surface area contributed by atoms with Gasteiger partial charge in [0.2, 0.25) is 0 Å². The second-order valence-electron chi connectivity index (χ2n) is 4.41. The molecule has 3 aromatic rings. The molecule has 0 aliphatic rings. The quantitative estimate of drug-likeness (QED) is 0.690. The van der Waals surface area contributed by atoms with Crippen molar-refractivity contribution in [1.29, 1.82) is 0 Å². The first-order valence-corrected chi connectivity index (χ1v) is 7.01. The van der Waals surface area contributed by atoms with Gasteiger partial charge in [0, 0.05) is 17.3 Å². The third-order valence-electron chi connectivity index (χ3n) is 3.39. The molecule has 0 aliphatic carbocycles. The topological polar surface area (TPSA) is 52.2 Å². The molecule has 0 fully saturated rings.